The average Bonchev–Trinajstić information content (AvgIpc) is 2.89. The Morgan fingerprint density at radius 1 is 0.805 bits per heavy atom. The van der Waals surface area contributed by atoms with E-state index in [4.69, 9.17) is 9.05 Å². The molecule has 41 heavy (non-hydrogen) atoms. The molecule has 0 aromatic carbocycles. The van der Waals surface area contributed by atoms with Crippen LogP contribution in [0.4, 0.5) is 0 Å². The van der Waals surface area contributed by atoms with E-state index in [1.54, 1.807) is 6.08 Å². The van der Waals surface area contributed by atoms with E-state index in [1.165, 1.54) is 89.9 Å². The minimum Gasteiger partial charge on any atom is -0.387 e. The number of hydrogen-bond donors (Lipinski definition) is 3. The highest BCUT2D eigenvalue weighted by atomic mass is 31.2. The minimum atomic E-state index is -4.29. The normalized spacial score (nSPS) is 15.2. The predicted molar refractivity (Wildman–Crippen MR) is 171 cm³/mol. The van der Waals surface area contributed by atoms with E-state index in [9.17, 15) is 19.4 Å². The highest BCUT2D eigenvalue weighted by Gasteiger charge is 2.27. The zero-order valence-electron chi connectivity index (χ0n) is 27.3. The third-order valence-corrected chi connectivity index (χ3v) is 8.21. The number of rotatable bonds is 29. The summed E-state index contributed by atoms with van der Waals surface area (Å²) in [4.78, 5) is 22.2. The van der Waals surface area contributed by atoms with Crippen molar-refractivity contribution in [1.29, 1.82) is 0 Å². The lowest BCUT2D eigenvalue weighted by Crippen LogP contribution is -2.45. The van der Waals surface area contributed by atoms with Gasteiger partial charge in [0.05, 0.1) is 39.9 Å². The average molecular weight is 606 g/mol. The molecule has 244 valence electrons. The van der Waals surface area contributed by atoms with Crippen LogP contribution in [-0.2, 0) is 18.4 Å². The Balaban J connectivity index is 4.11. The third kappa shape index (κ3) is 27.8. The number of carbonyl (C=O) groups excluding carboxylic acids is 1. The number of quaternary nitrogens is 1. The highest BCUT2D eigenvalue weighted by Crippen LogP contribution is 2.43. The van der Waals surface area contributed by atoms with Gasteiger partial charge in [0, 0.05) is 6.42 Å². The van der Waals surface area contributed by atoms with Crippen molar-refractivity contribution in [2.24, 2.45) is 0 Å². The van der Waals surface area contributed by atoms with Crippen LogP contribution < -0.4 is 5.32 Å². The SMILES string of the molecule is CCCCCCCCCCCCCCCCCC/C=C/C(O)C(COP(=O)(O)OCC[N+](C)(C)C)NC(=O)CCC. The summed E-state index contributed by atoms with van der Waals surface area (Å²) in [5.41, 5.74) is 0. The van der Waals surface area contributed by atoms with E-state index < -0.39 is 20.0 Å². The monoisotopic (exact) mass is 605 g/mol. The van der Waals surface area contributed by atoms with E-state index in [2.05, 4.69) is 12.2 Å². The zero-order chi connectivity index (χ0) is 30.8. The molecular formula is C32H66N2O6P+. The molecule has 1 amide bonds. The van der Waals surface area contributed by atoms with Crippen molar-refractivity contribution in [2.45, 2.75) is 148 Å². The Labute approximate surface area is 252 Å². The van der Waals surface area contributed by atoms with Crippen LogP contribution >= 0.6 is 7.82 Å². The lowest BCUT2D eigenvalue weighted by molar-refractivity contribution is -0.870. The van der Waals surface area contributed by atoms with Crippen LogP contribution in [0.2, 0.25) is 0 Å². The molecule has 0 aliphatic carbocycles. The summed E-state index contributed by atoms with van der Waals surface area (Å²) in [6, 6.07) is -0.835. The van der Waals surface area contributed by atoms with Crippen LogP contribution in [-0.4, -0.2) is 73.4 Å². The van der Waals surface area contributed by atoms with Gasteiger partial charge in [-0.05, 0) is 19.3 Å². The highest BCUT2D eigenvalue weighted by molar-refractivity contribution is 7.47. The number of phosphoric acid groups is 1. The van der Waals surface area contributed by atoms with Crippen molar-refractivity contribution >= 4 is 13.7 Å². The number of likely N-dealkylation sites (N-methyl/N-ethyl adjacent to an activating group) is 1. The first-order chi connectivity index (χ1) is 19.5. The van der Waals surface area contributed by atoms with Crippen LogP contribution in [0.25, 0.3) is 0 Å². The maximum absolute atomic E-state index is 12.3. The van der Waals surface area contributed by atoms with Gasteiger partial charge < -0.3 is 19.8 Å². The van der Waals surface area contributed by atoms with E-state index in [-0.39, 0.29) is 19.1 Å². The number of carbonyl (C=O) groups is 1. The molecule has 0 aliphatic rings. The molecule has 9 heteroatoms. The largest absolute Gasteiger partial charge is 0.472 e. The van der Waals surface area contributed by atoms with Gasteiger partial charge in [0.15, 0.2) is 0 Å². The molecule has 3 N–H and O–H groups in total. The van der Waals surface area contributed by atoms with Gasteiger partial charge in [-0.3, -0.25) is 13.8 Å². The van der Waals surface area contributed by atoms with Crippen molar-refractivity contribution in [3.05, 3.63) is 12.2 Å². The van der Waals surface area contributed by atoms with Crippen LogP contribution in [0.3, 0.4) is 0 Å². The molecule has 0 aromatic rings. The first-order valence-corrected chi connectivity index (χ1v) is 18.1. The van der Waals surface area contributed by atoms with Gasteiger partial charge in [-0.15, -0.1) is 0 Å². The fourth-order valence-electron chi connectivity index (χ4n) is 4.55. The number of phosphoric ester groups is 1. The number of nitrogens with zero attached hydrogens (tertiary/aromatic N) is 1. The Morgan fingerprint density at radius 2 is 1.29 bits per heavy atom. The second kappa shape index (κ2) is 25.7. The fourth-order valence-corrected chi connectivity index (χ4v) is 5.29. The van der Waals surface area contributed by atoms with Crippen molar-refractivity contribution < 1.29 is 32.9 Å². The molecule has 3 unspecified atom stereocenters. The molecular weight excluding hydrogens is 539 g/mol. The van der Waals surface area contributed by atoms with Gasteiger partial charge in [-0.2, -0.15) is 0 Å². The summed E-state index contributed by atoms with van der Waals surface area (Å²) in [7, 11) is 1.56. The number of unbranched alkanes of at least 4 members (excludes halogenated alkanes) is 16. The molecule has 3 atom stereocenters. The van der Waals surface area contributed by atoms with Crippen molar-refractivity contribution in [1.82, 2.24) is 5.32 Å². The lowest BCUT2D eigenvalue weighted by atomic mass is 10.0. The summed E-state index contributed by atoms with van der Waals surface area (Å²) in [6.07, 6.45) is 25.7. The Bertz CT molecular complexity index is 698. The smallest absolute Gasteiger partial charge is 0.387 e. The number of nitrogens with one attached hydrogen (secondary N) is 1. The van der Waals surface area contributed by atoms with E-state index in [0.29, 0.717) is 23.9 Å². The van der Waals surface area contributed by atoms with Crippen LogP contribution in [0.5, 0.6) is 0 Å². The quantitative estimate of drug-likeness (QED) is 0.0350. The molecule has 0 bridgehead atoms. The number of allylic oxidation sites excluding steroid dienone is 1. The molecule has 8 nitrogen and oxygen atoms in total. The predicted octanol–water partition coefficient (Wildman–Crippen LogP) is 7.68. The first-order valence-electron chi connectivity index (χ1n) is 16.6. The zero-order valence-corrected chi connectivity index (χ0v) is 28.2. The molecule has 0 fully saturated rings. The standard InChI is InChI=1S/C32H65N2O6P/c1-6-8-9-10-11-12-13-14-15-16-17-18-19-20-21-22-23-24-26-31(35)30(33-32(36)25-7-2)29-40-41(37,38)39-28-27-34(3,4)5/h24,26,30-31,35H,6-23,25,27-29H2,1-5H3,(H-,33,36,37,38)/p+1/b26-24+. The molecule has 0 rings (SSSR count). The van der Waals surface area contributed by atoms with Crippen molar-refractivity contribution in [2.75, 3.05) is 40.9 Å². The molecule has 0 aliphatic heterocycles. The second-order valence-corrected chi connectivity index (χ2v) is 14.0. The Kier molecular flexibility index (Phi) is 25.2. The topological polar surface area (TPSA) is 105 Å². The van der Waals surface area contributed by atoms with Crippen LogP contribution in [0.15, 0.2) is 12.2 Å². The van der Waals surface area contributed by atoms with Gasteiger partial charge >= 0.3 is 7.82 Å². The van der Waals surface area contributed by atoms with Gasteiger partial charge in [0.1, 0.15) is 13.2 Å². The molecule has 0 radical (unpaired) electrons. The van der Waals surface area contributed by atoms with E-state index in [0.717, 1.165) is 19.3 Å². The number of hydrogen-bond acceptors (Lipinski definition) is 5. The van der Waals surface area contributed by atoms with Gasteiger partial charge in [-0.1, -0.05) is 122 Å². The summed E-state index contributed by atoms with van der Waals surface area (Å²) < 4.78 is 23.0. The van der Waals surface area contributed by atoms with Gasteiger partial charge in [-0.25, -0.2) is 4.57 Å². The van der Waals surface area contributed by atoms with Crippen molar-refractivity contribution in [3.63, 3.8) is 0 Å². The summed E-state index contributed by atoms with van der Waals surface area (Å²) in [5.74, 6) is -0.231. The van der Waals surface area contributed by atoms with Crippen LogP contribution in [0.1, 0.15) is 136 Å². The lowest BCUT2D eigenvalue weighted by Gasteiger charge is -2.25. The number of amides is 1. The Morgan fingerprint density at radius 3 is 1.76 bits per heavy atom. The fraction of sp³-hybridized carbons (Fsp3) is 0.906. The Hall–Kier alpha value is -0.760. The maximum atomic E-state index is 12.3. The molecule has 0 spiro atoms. The number of aliphatic hydroxyl groups is 1. The third-order valence-electron chi connectivity index (χ3n) is 7.23. The molecule has 0 saturated carbocycles. The van der Waals surface area contributed by atoms with Gasteiger partial charge in [0.2, 0.25) is 5.91 Å². The maximum Gasteiger partial charge on any atom is 0.472 e. The minimum absolute atomic E-state index is 0.0614. The second-order valence-electron chi connectivity index (χ2n) is 12.5. The summed E-state index contributed by atoms with van der Waals surface area (Å²) in [6.45, 7) is 4.44. The van der Waals surface area contributed by atoms with E-state index in [1.807, 2.05) is 34.1 Å². The van der Waals surface area contributed by atoms with Crippen LogP contribution in [0, 0.1) is 0 Å². The molecule has 0 saturated heterocycles. The summed E-state index contributed by atoms with van der Waals surface area (Å²) in [5, 5.41) is 13.4. The summed E-state index contributed by atoms with van der Waals surface area (Å²) >= 11 is 0. The first kappa shape index (κ1) is 40.2. The van der Waals surface area contributed by atoms with Gasteiger partial charge in [0.25, 0.3) is 0 Å². The molecule has 0 heterocycles. The molecule has 0 aromatic heterocycles. The van der Waals surface area contributed by atoms with Crippen molar-refractivity contribution in [3.8, 4) is 0 Å². The van der Waals surface area contributed by atoms with E-state index >= 15 is 0 Å². The number of aliphatic hydroxyl groups excluding tert-OH is 1.